The summed E-state index contributed by atoms with van der Waals surface area (Å²) >= 11 is 1.25. The Morgan fingerprint density at radius 2 is 2.40 bits per heavy atom. The molecule has 0 saturated heterocycles. The van der Waals surface area contributed by atoms with Gasteiger partial charge in [-0.15, -0.1) is 0 Å². The van der Waals surface area contributed by atoms with Crippen LogP contribution in [0.15, 0.2) is 17.4 Å². The van der Waals surface area contributed by atoms with Crippen LogP contribution in [0.1, 0.15) is 12.1 Å². The van der Waals surface area contributed by atoms with Crippen molar-refractivity contribution in [1.82, 2.24) is 9.97 Å². The minimum Gasteiger partial charge on any atom is -0.481 e. The maximum Gasteiger partial charge on any atom is 0.306 e. The van der Waals surface area contributed by atoms with E-state index in [1.807, 2.05) is 6.92 Å². The SMILES string of the molecule is Cc1ccnc(SCC(O)CC(=O)O)n1. The van der Waals surface area contributed by atoms with E-state index < -0.39 is 12.1 Å². The zero-order valence-electron chi connectivity index (χ0n) is 8.25. The summed E-state index contributed by atoms with van der Waals surface area (Å²) in [5, 5.41) is 18.3. The molecule has 6 heteroatoms. The molecule has 1 atom stereocenters. The van der Waals surface area contributed by atoms with Crippen LogP contribution < -0.4 is 0 Å². The van der Waals surface area contributed by atoms with Crippen LogP contribution in [0.4, 0.5) is 0 Å². The largest absolute Gasteiger partial charge is 0.481 e. The van der Waals surface area contributed by atoms with Gasteiger partial charge in [0.2, 0.25) is 0 Å². The Hall–Kier alpha value is -1.14. The molecule has 0 fully saturated rings. The van der Waals surface area contributed by atoms with Crippen LogP contribution in [-0.4, -0.2) is 38.0 Å². The molecule has 0 aromatic carbocycles. The molecule has 0 aliphatic carbocycles. The number of thioether (sulfide) groups is 1. The number of aliphatic hydroxyl groups is 1. The predicted octanol–water partition coefficient (Wildman–Crippen LogP) is 0.713. The van der Waals surface area contributed by atoms with Gasteiger partial charge in [-0.05, 0) is 13.0 Å². The molecule has 1 aromatic rings. The van der Waals surface area contributed by atoms with Gasteiger partial charge in [-0.3, -0.25) is 4.79 Å². The first kappa shape index (κ1) is 11.9. The normalized spacial score (nSPS) is 12.4. The molecule has 0 aliphatic rings. The number of hydrogen-bond acceptors (Lipinski definition) is 5. The van der Waals surface area contributed by atoms with E-state index in [4.69, 9.17) is 5.11 Å². The molecule has 1 aromatic heterocycles. The Balaban J connectivity index is 2.40. The summed E-state index contributed by atoms with van der Waals surface area (Å²) in [6.45, 7) is 1.85. The highest BCUT2D eigenvalue weighted by Gasteiger charge is 2.10. The number of aryl methyl sites for hydroxylation is 1. The van der Waals surface area contributed by atoms with Crippen molar-refractivity contribution in [2.24, 2.45) is 0 Å². The van der Waals surface area contributed by atoms with E-state index in [0.717, 1.165) is 5.69 Å². The van der Waals surface area contributed by atoms with E-state index >= 15 is 0 Å². The first-order valence-electron chi connectivity index (χ1n) is 4.40. The molecule has 82 valence electrons. The summed E-state index contributed by atoms with van der Waals surface area (Å²) in [7, 11) is 0. The van der Waals surface area contributed by atoms with Crippen molar-refractivity contribution < 1.29 is 15.0 Å². The van der Waals surface area contributed by atoms with Crippen LogP contribution in [0.3, 0.4) is 0 Å². The average Bonchev–Trinajstić information content (AvgIpc) is 2.14. The Bertz CT molecular complexity index is 346. The van der Waals surface area contributed by atoms with Crippen LogP contribution in [0.2, 0.25) is 0 Å². The van der Waals surface area contributed by atoms with Crippen molar-refractivity contribution in [2.75, 3.05) is 5.75 Å². The highest BCUT2D eigenvalue weighted by atomic mass is 32.2. The Labute approximate surface area is 91.6 Å². The van der Waals surface area contributed by atoms with Crippen LogP contribution >= 0.6 is 11.8 Å². The molecule has 2 N–H and O–H groups in total. The number of rotatable bonds is 5. The van der Waals surface area contributed by atoms with Crippen molar-refractivity contribution in [3.8, 4) is 0 Å². The maximum atomic E-state index is 10.3. The second-order valence-electron chi connectivity index (χ2n) is 3.04. The summed E-state index contributed by atoms with van der Waals surface area (Å²) in [5.41, 5.74) is 0.847. The van der Waals surface area contributed by atoms with Gasteiger partial charge >= 0.3 is 5.97 Å². The zero-order valence-corrected chi connectivity index (χ0v) is 9.07. The summed E-state index contributed by atoms with van der Waals surface area (Å²) in [6, 6.07) is 1.78. The number of carboxylic acid groups (broad SMARTS) is 1. The van der Waals surface area contributed by atoms with Crippen LogP contribution in [0, 0.1) is 6.92 Å². The lowest BCUT2D eigenvalue weighted by atomic mass is 10.3. The minimum atomic E-state index is -1.01. The predicted molar refractivity (Wildman–Crippen MR) is 55.8 cm³/mol. The van der Waals surface area contributed by atoms with Gasteiger partial charge in [-0.1, -0.05) is 11.8 Å². The Kier molecular flexibility index (Phi) is 4.51. The molecule has 5 nitrogen and oxygen atoms in total. The Morgan fingerprint density at radius 3 is 3.00 bits per heavy atom. The van der Waals surface area contributed by atoms with Crippen LogP contribution in [-0.2, 0) is 4.79 Å². The van der Waals surface area contributed by atoms with Crippen molar-refractivity contribution >= 4 is 17.7 Å². The number of aliphatic carboxylic acids is 1. The second-order valence-corrected chi connectivity index (χ2v) is 4.03. The summed E-state index contributed by atoms with van der Waals surface area (Å²) in [4.78, 5) is 18.4. The van der Waals surface area contributed by atoms with E-state index in [9.17, 15) is 9.90 Å². The van der Waals surface area contributed by atoms with Gasteiger partial charge in [-0.25, -0.2) is 9.97 Å². The third kappa shape index (κ3) is 4.75. The third-order valence-electron chi connectivity index (χ3n) is 1.59. The molecular formula is C9H12N2O3S. The Morgan fingerprint density at radius 1 is 1.67 bits per heavy atom. The monoisotopic (exact) mass is 228 g/mol. The topological polar surface area (TPSA) is 83.3 Å². The number of aliphatic hydroxyl groups excluding tert-OH is 1. The molecule has 0 aliphatic heterocycles. The van der Waals surface area contributed by atoms with Crippen LogP contribution in [0.25, 0.3) is 0 Å². The summed E-state index contributed by atoms with van der Waals surface area (Å²) in [6.07, 6.45) is 0.518. The fraction of sp³-hybridized carbons (Fsp3) is 0.444. The van der Waals surface area contributed by atoms with Gasteiger partial charge in [0.1, 0.15) is 0 Å². The van der Waals surface area contributed by atoms with E-state index in [1.54, 1.807) is 12.3 Å². The van der Waals surface area contributed by atoms with E-state index in [1.165, 1.54) is 11.8 Å². The van der Waals surface area contributed by atoms with Gasteiger partial charge in [-0.2, -0.15) is 0 Å². The van der Waals surface area contributed by atoms with Gasteiger partial charge in [0.05, 0.1) is 12.5 Å². The number of carboxylic acids is 1. The van der Waals surface area contributed by atoms with Crippen LogP contribution in [0.5, 0.6) is 0 Å². The smallest absolute Gasteiger partial charge is 0.306 e. The number of carbonyl (C=O) groups is 1. The van der Waals surface area contributed by atoms with Crippen molar-refractivity contribution in [2.45, 2.75) is 24.6 Å². The average molecular weight is 228 g/mol. The van der Waals surface area contributed by atoms with Gasteiger partial charge in [0, 0.05) is 17.6 Å². The molecule has 0 bridgehead atoms. The highest BCUT2D eigenvalue weighted by molar-refractivity contribution is 7.99. The molecule has 0 radical (unpaired) electrons. The molecule has 15 heavy (non-hydrogen) atoms. The van der Waals surface area contributed by atoms with E-state index in [0.29, 0.717) is 5.16 Å². The second kappa shape index (κ2) is 5.67. The molecular weight excluding hydrogens is 216 g/mol. The minimum absolute atomic E-state index is 0.251. The molecule has 1 rings (SSSR count). The van der Waals surface area contributed by atoms with E-state index in [2.05, 4.69) is 9.97 Å². The fourth-order valence-electron chi connectivity index (χ4n) is 0.927. The third-order valence-corrected chi connectivity index (χ3v) is 2.59. The van der Waals surface area contributed by atoms with Crippen molar-refractivity contribution in [3.63, 3.8) is 0 Å². The fourth-order valence-corrected chi connectivity index (χ4v) is 1.73. The van der Waals surface area contributed by atoms with Gasteiger partial charge < -0.3 is 10.2 Å². The molecule has 0 amide bonds. The highest BCUT2D eigenvalue weighted by Crippen LogP contribution is 2.14. The lowest BCUT2D eigenvalue weighted by Gasteiger charge is -2.06. The standard InChI is InChI=1S/C9H12N2O3S/c1-6-2-3-10-9(11-6)15-5-7(12)4-8(13)14/h2-3,7,12H,4-5H2,1H3,(H,13,14). The van der Waals surface area contributed by atoms with Crippen molar-refractivity contribution in [1.29, 1.82) is 0 Å². The van der Waals surface area contributed by atoms with Gasteiger partial charge in [0.15, 0.2) is 5.16 Å². The summed E-state index contributed by atoms with van der Waals surface area (Å²) < 4.78 is 0. The lowest BCUT2D eigenvalue weighted by molar-refractivity contribution is -0.138. The molecule has 1 unspecified atom stereocenters. The first-order chi connectivity index (χ1) is 7.08. The van der Waals surface area contributed by atoms with E-state index in [-0.39, 0.29) is 12.2 Å². The zero-order chi connectivity index (χ0) is 11.3. The molecule has 0 saturated carbocycles. The number of hydrogen-bond donors (Lipinski definition) is 2. The maximum absolute atomic E-state index is 10.3. The lowest BCUT2D eigenvalue weighted by Crippen LogP contribution is -2.15. The number of nitrogens with zero attached hydrogens (tertiary/aromatic N) is 2. The molecule has 0 spiro atoms. The molecule has 1 heterocycles. The first-order valence-corrected chi connectivity index (χ1v) is 5.39. The number of aromatic nitrogens is 2. The summed E-state index contributed by atoms with van der Waals surface area (Å²) in [5.74, 6) is -0.719. The quantitative estimate of drug-likeness (QED) is 0.570. The van der Waals surface area contributed by atoms with Gasteiger partial charge in [0.25, 0.3) is 0 Å². The van der Waals surface area contributed by atoms with Crippen molar-refractivity contribution in [3.05, 3.63) is 18.0 Å².